The second kappa shape index (κ2) is 7.29. The molecule has 6 nitrogen and oxygen atoms in total. The van der Waals surface area contributed by atoms with Crippen molar-refractivity contribution in [2.45, 2.75) is 64.8 Å². The second-order valence-corrected chi connectivity index (χ2v) is 8.96. The van der Waals surface area contributed by atoms with Crippen molar-refractivity contribution in [1.29, 1.82) is 0 Å². The number of carbonyl (C=O) groups excluding carboxylic acids is 1. The highest BCUT2D eigenvalue weighted by Gasteiger charge is 2.51. The van der Waals surface area contributed by atoms with Gasteiger partial charge in [-0.05, 0) is 31.6 Å². The van der Waals surface area contributed by atoms with Gasteiger partial charge in [0.2, 0.25) is 5.91 Å². The third-order valence-corrected chi connectivity index (χ3v) is 6.67. The van der Waals surface area contributed by atoms with Crippen LogP contribution in [-0.2, 0) is 16.1 Å². The average molecular weight is 361 g/mol. The van der Waals surface area contributed by atoms with Gasteiger partial charge in [-0.15, -0.1) is 10.2 Å². The molecule has 1 unspecified atom stereocenters. The summed E-state index contributed by atoms with van der Waals surface area (Å²) in [5.74, 6) is 2.53. The molecule has 2 saturated heterocycles. The lowest BCUT2D eigenvalue weighted by Crippen LogP contribution is -2.39. The Morgan fingerprint density at radius 3 is 2.73 bits per heavy atom. The van der Waals surface area contributed by atoms with Crippen molar-refractivity contribution in [2.75, 3.05) is 26.3 Å². The first-order chi connectivity index (χ1) is 12.6. The van der Waals surface area contributed by atoms with Crippen LogP contribution in [0.25, 0.3) is 0 Å². The molecule has 4 rings (SSSR count). The zero-order valence-corrected chi connectivity index (χ0v) is 16.2. The first kappa shape index (κ1) is 18.0. The highest BCUT2D eigenvalue weighted by Crippen LogP contribution is 2.49. The van der Waals surface area contributed by atoms with Crippen molar-refractivity contribution in [3.8, 4) is 0 Å². The van der Waals surface area contributed by atoms with Crippen molar-refractivity contribution in [3.63, 3.8) is 0 Å². The molecule has 144 valence electrons. The zero-order chi connectivity index (χ0) is 18.1. The molecule has 26 heavy (non-hydrogen) atoms. The smallest absolute Gasteiger partial charge is 0.225 e. The highest BCUT2D eigenvalue weighted by atomic mass is 16.5. The van der Waals surface area contributed by atoms with Crippen LogP contribution in [0.15, 0.2) is 6.33 Å². The summed E-state index contributed by atoms with van der Waals surface area (Å²) in [4.78, 5) is 15.3. The normalized spacial score (nSPS) is 26.3. The third-order valence-electron chi connectivity index (χ3n) is 6.67. The summed E-state index contributed by atoms with van der Waals surface area (Å²) in [7, 11) is 0. The molecule has 1 spiro atoms. The second-order valence-electron chi connectivity index (χ2n) is 8.96. The van der Waals surface area contributed by atoms with Gasteiger partial charge in [0, 0.05) is 50.1 Å². The first-order valence-electron chi connectivity index (χ1n) is 10.3. The van der Waals surface area contributed by atoms with Gasteiger partial charge in [-0.3, -0.25) is 4.79 Å². The van der Waals surface area contributed by atoms with E-state index in [0.717, 1.165) is 64.4 Å². The maximum atomic E-state index is 13.1. The number of carbonyl (C=O) groups is 1. The van der Waals surface area contributed by atoms with Crippen molar-refractivity contribution < 1.29 is 9.53 Å². The largest absolute Gasteiger partial charge is 0.381 e. The molecule has 1 aromatic rings. The van der Waals surface area contributed by atoms with Gasteiger partial charge < -0.3 is 14.2 Å². The SMILES string of the molecule is CC(C)Cn1cnnc1C1CN(C(=O)C2CCCC2)CC12CCOCC2. The van der Waals surface area contributed by atoms with E-state index in [4.69, 9.17) is 4.74 Å². The molecule has 1 aromatic heterocycles. The maximum absolute atomic E-state index is 13.1. The van der Waals surface area contributed by atoms with Gasteiger partial charge in [-0.25, -0.2) is 0 Å². The molecule has 3 aliphatic rings. The predicted octanol–water partition coefficient (Wildman–Crippen LogP) is 2.85. The van der Waals surface area contributed by atoms with Crippen LogP contribution in [0.1, 0.15) is 64.1 Å². The topological polar surface area (TPSA) is 60.2 Å². The first-order valence-corrected chi connectivity index (χ1v) is 10.3. The minimum Gasteiger partial charge on any atom is -0.381 e. The van der Waals surface area contributed by atoms with Crippen molar-refractivity contribution >= 4 is 5.91 Å². The number of hydrogen-bond donors (Lipinski definition) is 0. The van der Waals surface area contributed by atoms with Gasteiger partial charge in [0.05, 0.1) is 0 Å². The highest BCUT2D eigenvalue weighted by molar-refractivity contribution is 5.79. The van der Waals surface area contributed by atoms with Crippen molar-refractivity contribution in [2.24, 2.45) is 17.3 Å². The molecule has 3 fully saturated rings. The molecular formula is C20H32N4O2. The lowest BCUT2D eigenvalue weighted by Gasteiger charge is -2.37. The van der Waals surface area contributed by atoms with E-state index in [-0.39, 0.29) is 17.3 Å². The predicted molar refractivity (Wildman–Crippen MR) is 98.6 cm³/mol. The fraction of sp³-hybridized carbons (Fsp3) is 0.850. The van der Waals surface area contributed by atoms with Gasteiger partial charge in [0.1, 0.15) is 12.2 Å². The number of rotatable bonds is 4. The zero-order valence-electron chi connectivity index (χ0n) is 16.2. The Balaban J connectivity index is 1.60. The van der Waals surface area contributed by atoms with Crippen LogP contribution in [0.5, 0.6) is 0 Å². The van der Waals surface area contributed by atoms with E-state index >= 15 is 0 Å². The van der Waals surface area contributed by atoms with Gasteiger partial charge in [0.15, 0.2) is 0 Å². The Labute approximate surface area is 156 Å². The van der Waals surface area contributed by atoms with E-state index in [0.29, 0.717) is 11.8 Å². The minimum atomic E-state index is 0.105. The molecule has 6 heteroatoms. The summed E-state index contributed by atoms with van der Waals surface area (Å²) in [5.41, 5.74) is 0.105. The fourth-order valence-electron chi connectivity index (χ4n) is 5.28. The van der Waals surface area contributed by atoms with Crippen LogP contribution in [0, 0.1) is 17.3 Å². The van der Waals surface area contributed by atoms with Crippen molar-refractivity contribution in [3.05, 3.63) is 12.2 Å². The van der Waals surface area contributed by atoms with Gasteiger partial charge >= 0.3 is 0 Å². The lowest BCUT2D eigenvalue weighted by atomic mass is 9.71. The fourth-order valence-corrected chi connectivity index (χ4v) is 5.28. The molecule has 0 aromatic carbocycles. The summed E-state index contributed by atoms with van der Waals surface area (Å²) < 4.78 is 7.88. The summed E-state index contributed by atoms with van der Waals surface area (Å²) in [6, 6.07) is 0. The van der Waals surface area contributed by atoms with E-state index in [1.807, 2.05) is 6.33 Å². The molecule has 2 aliphatic heterocycles. The van der Waals surface area contributed by atoms with Crippen molar-refractivity contribution in [1.82, 2.24) is 19.7 Å². The van der Waals surface area contributed by atoms with Gasteiger partial charge in [-0.1, -0.05) is 26.7 Å². The number of ether oxygens (including phenoxy) is 1. The molecule has 0 N–H and O–H groups in total. The average Bonchev–Trinajstić information content (AvgIpc) is 3.35. The molecule has 1 atom stereocenters. The third kappa shape index (κ3) is 3.28. The number of nitrogens with zero attached hydrogens (tertiary/aromatic N) is 4. The van der Waals surface area contributed by atoms with E-state index in [1.54, 1.807) is 0 Å². The number of likely N-dealkylation sites (tertiary alicyclic amines) is 1. The number of hydrogen-bond acceptors (Lipinski definition) is 4. The molecule has 0 radical (unpaired) electrons. The summed E-state index contributed by atoms with van der Waals surface area (Å²) in [5, 5.41) is 8.75. The van der Waals surface area contributed by atoms with Gasteiger partial charge in [0.25, 0.3) is 0 Å². The van der Waals surface area contributed by atoms with Crippen LogP contribution in [0.2, 0.25) is 0 Å². The number of aromatic nitrogens is 3. The van der Waals surface area contributed by atoms with E-state index in [9.17, 15) is 4.79 Å². The molecule has 1 saturated carbocycles. The maximum Gasteiger partial charge on any atom is 0.225 e. The Kier molecular flexibility index (Phi) is 5.04. The molecule has 1 aliphatic carbocycles. The Morgan fingerprint density at radius 1 is 1.31 bits per heavy atom. The van der Waals surface area contributed by atoms with Crippen LogP contribution in [0.4, 0.5) is 0 Å². The standard InChI is InChI=1S/C20H32N4O2/c1-15(2)11-24-14-21-22-18(24)17-12-23(19(25)16-5-3-4-6-16)13-20(17)7-9-26-10-8-20/h14-17H,3-13H2,1-2H3. The molecule has 0 bridgehead atoms. The van der Waals surface area contributed by atoms with Gasteiger partial charge in [-0.2, -0.15) is 0 Å². The Hall–Kier alpha value is -1.43. The quantitative estimate of drug-likeness (QED) is 0.828. The molecule has 1 amide bonds. The molecule has 3 heterocycles. The van der Waals surface area contributed by atoms with E-state index in [2.05, 4.69) is 33.5 Å². The monoisotopic (exact) mass is 360 g/mol. The summed E-state index contributed by atoms with van der Waals surface area (Å²) >= 11 is 0. The Morgan fingerprint density at radius 2 is 2.04 bits per heavy atom. The van der Waals surface area contributed by atoms with Crippen LogP contribution in [-0.4, -0.2) is 51.9 Å². The Bertz CT molecular complexity index is 630. The minimum absolute atomic E-state index is 0.105. The summed E-state index contributed by atoms with van der Waals surface area (Å²) in [6.07, 6.45) is 8.44. The van der Waals surface area contributed by atoms with Crippen LogP contribution < -0.4 is 0 Å². The number of amides is 1. The molecular weight excluding hydrogens is 328 g/mol. The summed E-state index contributed by atoms with van der Waals surface area (Å²) in [6.45, 7) is 8.62. The van der Waals surface area contributed by atoms with E-state index < -0.39 is 0 Å². The van der Waals surface area contributed by atoms with Crippen LogP contribution in [0.3, 0.4) is 0 Å². The lowest BCUT2D eigenvalue weighted by molar-refractivity contribution is -0.135. The van der Waals surface area contributed by atoms with E-state index in [1.165, 1.54) is 12.8 Å². The van der Waals surface area contributed by atoms with Crippen LogP contribution >= 0.6 is 0 Å².